The van der Waals surface area contributed by atoms with Crippen LogP contribution >= 0.6 is 0 Å². The molecule has 11 unspecified atom stereocenters. The lowest BCUT2D eigenvalue weighted by Crippen LogP contribution is -2.91. The van der Waals surface area contributed by atoms with Gasteiger partial charge in [0, 0.05) is 23.2 Å². The predicted molar refractivity (Wildman–Crippen MR) is 89.4 cm³/mol. The molecule has 8 aliphatic rings. The summed E-state index contributed by atoms with van der Waals surface area (Å²) in [4.78, 5) is 0. The molecular weight excluding hydrogens is 336 g/mol. The molecule has 26 heavy (non-hydrogen) atoms. The molecule has 144 valence electrons. The first-order chi connectivity index (χ1) is 12.1. The molecule has 2 spiro atoms. The molecular formula is C20H28O6. The van der Waals surface area contributed by atoms with Gasteiger partial charge < -0.3 is 29.9 Å². The fraction of sp³-hybridized carbons (Fsp3) is 0.900. The first-order valence-electron chi connectivity index (χ1n) is 9.92. The van der Waals surface area contributed by atoms with E-state index in [0.717, 1.165) is 19.3 Å². The van der Waals surface area contributed by atoms with Gasteiger partial charge in [0.25, 0.3) is 0 Å². The fourth-order valence-corrected chi connectivity index (χ4v) is 8.75. The fourth-order valence-electron chi connectivity index (χ4n) is 8.75. The van der Waals surface area contributed by atoms with E-state index >= 15 is 0 Å². The highest BCUT2D eigenvalue weighted by Crippen LogP contribution is 2.82. The van der Waals surface area contributed by atoms with Crippen LogP contribution in [0.3, 0.4) is 0 Å². The Bertz CT molecular complexity index is 721. The molecule has 4 aliphatic carbocycles. The summed E-state index contributed by atoms with van der Waals surface area (Å²) in [5, 5.41) is 45.7. The Morgan fingerprint density at radius 3 is 2.58 bits per heavy atom. The van der Waals surface area contributed by atoms with Crippen LogP contribution in [0.4, 0.5) is 0 Å². The highest BCUT2D eigenvalue weighted by atomic mass is 16.8. The molecule has 4 saturated carbocycles. The number of ether oxygens (including phenoxy) is 2. The van der Waals surface area contributed by atoms with Crippen molar-refractivity contribution in [3.63, 3.8) is 0 Å². The number of rotatable bonds is 0. The SMILES string of the molecule is C=C1C2CC(O)C3C45CCCC(C)(C)C4C(O)C4(O)OC5OC2C34C1O. The number of hydrogen-bond acceptors (Lipinski definition) is 6. The highest BCUT2D eigenvalue weighted by Gasteiger charge is 2.92. The second-order valence-electron chi connectivity index (χ2n) is 10.4. The van der Waals surface area contributed by atoms with Crippen molar-refractivity contribution in [2.24, 2.45) is 34.0 Å². The standard InChI is InChI=1S/C20H28O6/c1-8-9-7-10(21)11-18-6-4-5-17(2,3)12(18)14(23)20(24)19(11,13(8)22)15(9)25-16(18)26-20/h9-16,21-24H,1,4-7H2,2-3H3. The Morgan fingerprint density at radius 1 is 1.12 bits per heavy atom. The maximum atomic E-state index is 11.8. The number of aliphatic hydroxyl groups is 4. The maximum Gasteiger partial charge on any atom is 0.206 e. The van der Waals surface area contributed by atoms with E-state index in [1.165, 1.54) is 0 Å². The van der Waals surface area contributed by atoms with Crippen LogP contribution in [0, 0.1) is 34.0 Å². The number of hydrogen-bond donors (Lipinski definition) is 4. The van der Waals surface area contributed by atoms with Crippen molar-refractivity contribution in [1.29, 1.82) is 0 Å². The number of aliphatic hydroxyl groups excluding tert-OH is 3. The average Bonchev–Trinajstić information content (AvgIpc) is 2.70. The molecule has 8 rings (SSSR count). The van der Waals surface area contributed by atoms with Crippen molar-refractivity contribution in [2.45, 2.75) is 76.0 Å². The van der Waals surface area contributed by atoms with Gasteiger partial charge in [0.1, 0.15) is 6.10 Å². The average molecular weight is 364 g/mol. The van der Waals surface area contributed by atoms with Crippen molar-refractivity contribution < 1.29 is 29.9 Å². The Balaban J connectivity index is 1.69. The Morgan fingerprint density at radius 2 is 1.85 bits per heavy atom. The molecule has 11 atom stereocenters. The van der Waals surface area contributed by atoms with E-state index in [1.54, 1.807) is 0 Å². The van der Waals surface area contributed by atoms with Crippen molar-refractivity contribution >= 4 is 0 Å². The zero-order chi connectivity index (χ0) is 18.4. The second-order valence-corrected chi connectivity index (χ2v) is 10.4. The molecule has 0 amide bonds. The molecule has 0 radical (unpaired) electrons. The summed E-state index contributed by atoms with van der Waals surface area (Å²) in [5.74, 6) is -2.76. The van der Waals surface area contributed by atoms with E-state index in [4.69, 9.17) is 9.47 Å². The maximum absolute atomic E-state index is 11.8. The van der Waals surface area contributed by atoms with E-state index in [9.17, 15) is 20.4 Å². The summed E-state index contributed by atoms with van der Waals surface area (Å²) < 4.78 is 12.4. The van der Waals surface area contributed by atoms with Crippen LogP contribution in [-0.4, -0.2) is 56.9 Å². The Kier molecular flexibility index (Phi) is 2.68. The monoisotopic (exact) mass is 364 g/mol. The summed E-state index contributed by atoms with van der Waals surface area (Å²) >= 11 is 0. The minimum Gasteiger partial charge on any atom is -0.393 e. The Labute approximate surface area is 152 Å². The van der Waals surface area contributed by atoms with Crippen LogP contribution in [-0.2, 0) is 9.47 Å². The van der Waals surface area contributed by atoms with Gasteiger partial charge >= 0.3 is 0 Å². The molecule has 0 aromatic heterocycles. The smallest absolute Gasteiger partial charge is 0.206 e. The summed E-state index contributed by atoms with van der Waals surface area (Å²) in [7, 11) is 0. The third kappa shape index (κ3) is 1.25. The summed E-state index contributed by atoms with van der Waals surface area (Å²) in [5.41, 5.74) is -1.47. The molecule has 4 N–H and O–H groups in total. The van der Waals surface area contributed by atoms with E-state index in [0.29, 0.717) is 12.0 Å². The first-order valence-corrected chi connectivity index (χ1v) is 9.92. The van der Waals surface area contributed by atoms with Crippen molar-refractivity contribution in [2.75, 3.05) is 0 Å². The van der Waals surface area contributed by atoms with Gasteiger partial charge in [-0.3, -0.25) is 0 Å². The van der Waals surface area contributed by atoms with Gasteiger partial charge in [-0.05, 0) is 30.3 Å². The molecule has 4 saturated heterocycles. The van der Waals surface area contributed by atoms with Crippen LogP contribution in [0.25, 0.3) is 0 Å². The van der Waals surface area contributed by atoms with Crippen LogP contribution in [0.1, 0.15) is 39.5 Å². The van der Waals surface area contributed by atoms with Gasteiger partial charge in [-0.15, -0.1) is 0 Å². The largest absolute Gasteiger partial charge is 0.393 e. The topological polar surface area (TPSA) is 99.4 Å². The van der Waals surface area contributed by atoms with Gasteiger partial charge in [-0.2, -0.15) is 0 Å². The highest BCUT2D eigenvalue weighted by molar-refractivity contribution is 5.41. The van der Waals surface area contributed by atoms with Crippen LogP contribution in [0.5, 0.6) is 0 Å². The van der Waals surface area contributed by atoms with Crippen LogP contribution in [0.15, 0.2) is 12.2 Å². The van der Waals surface area contributed by atoms with Crippen molar-refractivity contribution in [1.82, 2.24) is 0 Å². The summed E-state index contributed by atoms with van der Waals surface area (Å²) in [6.07, 6.45) is -0.831. The lowest BCUT2D eigenvalue weighted by atomic mass is 9.34. The molecule has 7 bridgehead atoms. The summed E-state index contributed by atoms with van der Waals surface area (Å²) in [6, 6.07) is 0. The van der Waals surface area contributed by atoms with Crippen LogP contribution in [0.2, 0.25) is 0 Å². The Hall–Kier alpha value is -0.500. The zero-order valence-corrected chi connectivity index (χ0v) is 15.3. The molecule has 8 fully saturated rings. The van der Waals surface area contributed by atoms with Gasteiger partial charge in [-0.25, -0.2) is 0 Å². The summed E-state index contributed by atoms with van der Waals surface area (Å²) in [6.45, 7) is 8.31. The third-order valence-corrected chi connectivity index (χ3v) is 9.27. The molecule has 6 heteroatoms. The second kappa shape index (κ2) is 4.24. The third-order valence-electron chi connectivity index (χ3n) is 9.27. The zero-order valence-electron chi connectivity index (χ0n) is 15.3. The molecule has 4 aliphatic heterocycles. The molecule has 0 aromatic carbocycles. The van der Waals surface area contributed by atoms with E-state index in [2.05, 4.69) is 20.4 Å². The van der Waals surface area contributed by atoms with Crippen molar-refractivity contribution in [3.8, 4) is 0 Å². The predicted octanol–water partition coefficient (Wildman–Crippen LogP) is 0.531. The van der Waals surface area contributed by atoms with Gasteiger partial charge in [-0.1, -0.05) is 26.8 Å². The van der Waals surface area contributed by atoms with Gasteiger partial charge in [0.2, 0.25) is 5.79 Å². The molecule has 6 nitrogen and oxygen atoms in total. The van der Waals surface area contributed by atoms with Gasteiger partial charge in [0.05, 0.1) is 23.7 Å². The minimum atomic E-state index is -1.93. The lowest BCUT2D eigenvalue weighted by Gasteiger charge is -2.80. The molecule has 4 heterocycles. The quantitative estimate of drug-likeness (QED) is 0.468. The normalized spacial score (nSPS) is 66.8. The molecule has 0 aromatic rings. The first kappa shape index (κ1) is 16.5. The van der Waals surface area contributed by atoms with E-state index in [-0.39, 0.29) is 23.2 Å². The minimum absolute atomic E-state index is 0.216. The van der Waals surface area contributed by atoms with E-state index in [1.807, 2.05) is 0 Å². The lowest BCUT2D eigenvalue weighted by molar-refractivity contribution is -0.570. The van der Waals surface area contributed by atoms with Gasteiger partial charge in [0.15, 0.2) is 6.29 Å². The van der Waals surface area contributed by atoms with E-state index < -0.39 is 47.3 Å². The van der Waals surface area contributed by atoms with Crippen molar-refractivity contribution in [3.05, 3.63) is 12.2 Å². The van der Waals surface area contributed by atoms with Crippen LogP contribution < -0.4 is 0 Å².